The molecule has 0 radical (unpaired) electrons. The predicted molar refractivity (Wildman–Crippen MR) is 124 cm³/mol. The maximum absolute atomic E-state index is 14.9. The molecule has 0 heterocycles. The van der Waals surface area contributed by atoms with E-state index in [9.17, 15) is 14.6 Å². The van der Waals surface area contributed by atoms with Crippen LogP contribution >= 0.6 is 0 Å². The van der Waals surface area contributed by atoms with Gasteiger partial charge in [-0.25, -0.2) is 4.39 Å². The van der Waals surface area contributed by atoms with Gasteiger partial charge in [0.25, 0.3) is 0 Å². The number of aliphatic hydroxyl groups is 2. The van der Waals surface area contributed by atoms with Gasteiger partial charge in [-0.05, 0) is 53.1 Å². The van der Waals surface area contributed by atoms with Crippen LogP contribution in [0.15, 0.2) is 66.7 Å². The molecule has 3 aromatic carbocycles. The zero-order valence-corrected chi connectivity index (χ0v) is 18.2. The van der Waals surface area contributed by atoms with Crippen molar-refractivity contribution in [3.63, 3.8) is 0 Å². The predicted octanol–water partition coefficient (Wildman–Crippen LogP) is 6.28. The van der Waals surface area contributed by atoms with Gasteiger partial charge in [0.1, 0.15) is 5.82 Å². The molecular weight excluding hydrogens is 375 g/mol. The summed E-state index contributed by atoms with van der Waals surface area (Å²) in [6, 6.07) is 21.4. The van der Waals surface area contributed by atoms with Gasteiger partial charge in [0.2, 0.25) is 0 Å². The summed E-state index contributed by atoms with van der Waals surface area (Å²) in [6.45, 7) is 6.06. The van der Waals surface area contributed by atoms with Crippen molar-refractivity contribution < 1.29 is 14.6 Å². The first-order valence-electron chi connectivity index (χ1n) is 10.8. The lowest BCUT2D eigenvalue weighted by atomic mass is 9.92. The van der Waals surface area contributed by atoms with Crippen molar-refractivity contribution >= 4 is 0 Å². The average molecular weight is 409 g/mol. The Labute approximate surface area is 180 Å². The first kappa shape index (κ1) is 23.8. The number of benzene rings is 3. The van der Waals surface area contributed by atoms with Gasteiger partial charge in [-0.2, -0.15) is 0 Å². The van der Waals surface area contributed by atoms with Crippen molar-refractivity contribution in [2.75, 3.05) is 13.2 Å². The molecule has 0 saturated carbocycles. The van der Waals surface area contributed by atoms with E-state index in [2.05, 4.69) is 13.0 Å². The van der Waals surface area contributed by atoms with Crippen LogP contribution in [-0.4, -0.2) is 23.4 Å². The summed E-state index contributed by atoms with van der Waals surface area (Å²) in [5, 5.41) is 18.5. The Morgan fingerprint density at radius 3 is 2.07 bits per heavy atom. The molecule has 0 atom stereocenters. The summed E-state index contributed by atoms with van der Waals surface area (Å²) in [7, 11) is 0. The molecular formula is C27H33FO2. The number of aliphatic hydroxyl groups excluding tert-OH is 2. The van der Waals surface area contributed by atoms with Crippen LogP contribution in [0.4, 0.5) is 4.39 Å². The molecule has 0 spiro atoms. The van der Waals surface area contributed by atoms with Crippen LogP contribution in [0.5, 0.6) is 0 Å². The van der Waals surface area contributed by atoms with Crippen molar-refractivity contribution in [1.82, 2.24) is 0 Å². The molecule has 2 N–H and O–H groups in total. The van der Waals surface area contributed by atoms with Crippen molar-refractivity contribution in [1.29, 1.82) is 0 Å². The zero-order chi connectivity index (χ0) is 21.9. The molecule has 0 bridgehead atoms. The fourth-order valence-corrected chi connectivity index (χ4v) is 3.51. The number of aryl methyl sites for hydroxylation is 2. The molecule has 30 heavy (non-hydrogen) atoms. The monoisotopic (exact) mass is 408 g/mol. The molecule has 0 saturated heterocycles. The van der Waals surface area contributed by atoms with E-state index < -0.39 is 0 Å². The fourth-order valence-electron chi connectivity index (χ4n) is 3.51. The third kappa shape index (κ3) is 6.01. The third-order valence-corrected chi connectivity index (χ3v) is 5.27. The van der Waals surface area contributed by atoms with Gasteiger partial charge in [0.15, 0.2) is 0 Å². The van der Waals surface area contributed by atoms with E-state index in [1.165, 1.54) is 0 Å². The molecule has 0 aliphatic rings. The van der Waals surface area contributed by atoms with Gasteiger partial charge in [-0.3, -0.25) is 0 Å². The molecule has 0 unspecified atom stereocenters. The fraction of sp³-hybridized carbons (Fsp3) is 0.333. The van der Waals surface area contributed by atoms with Crippen LogP contribution in [0.3, 0.4) is 0 Å². The van der Waals surface area contributed by atoms with Crippen LogP contribution in [0.25, 0.3) is 22.3 Å². The highest BCUT2D eigenvalue weighted by Gasteiger charge is 2.12. The van der Waals surface area contributed by atoms with E-state index >= 15 is 0 Å². The lowest BCUT2D eigenvalue weighted by Crippen LogP contribution is -2.12. The van der Waals surface area contributed by atoms with Crippen LogP contribution in [0, 0.1) is 11.7 Å². The van der Waals surface area contributed by atoms with Gasteiger partial charge in [-0.1, -0.05) is 81.4 Å². The van der Waals surface area contributed by atoms with Crippen LogP contribution in [0.2, 0.25) is 0 Å². The minimum Gasteiger partial charge on any atom is -0.396 e. The maximum atomic E-state index is 14.9. The molecule has 160 valence electrons. The van der Waals surface area contributed by atoms with Crippen LogP contribution in [0.1, 0.15) is 38.3 Å². The molecule has 3 heteroatoms. The second-order valence-corrected chi connectivity index (χ2v) is 7.18. The standard InChI is InChI=1S/C25H27FO2.C2H6/c1-2-20-14-18(8-9-19(16-27)17-28)10-12-23(20)24-13-11-22(15-25(24)26)21-6-4-3-5-7-21;1-2/h3-7,10-15,19,27-28H,2,8-9,16-17H2,1H3;1-2H3. The van der Waals surface area contributed by atoms with Crippen LogP contribution < -0.4 is 0 Å². The zero-order valence-electron chi connectivity index (χ0n) is 18.2. The topological polar surface area (TPSA) is 40.5 Å². The number of halogens is 1. The normalized spacial score (nSPS) is 10.6. The first-order chi connectivity index (χ1) is 14.7. The largest absolute Gasteiger partial charge is 0.396 e. The highest BCUT2D eigenvalue weighted by Crippen LogP contribution is 2.31. The molecule has 0 aromatic heterocycles. The average Bonchev–Trinajstić information content (AvgIpc) is 2.81. The molecule has 2 nitrogen and oxygen atoms in total. The number of hydrogen-bond acceptors (Lipinski definition) is 2. The van der Waals surface area contributed by atoms with Gasteiger partial charge in [-0.15, -0.1) is 0 Å². The van der Waals surface area contributed by atoms with Crippen molar-refractivity contribution in [3.8, 4) is 22.3 Å². The molecule has 3 rings (SSSR count). The summed E-state index contributed by atoms with van der Waals surface area (Å²) >= 11 is 0. The molecule has 0 fully saturated rings. The van der Waals surface area contributed by atoms with Crippen molar-refractivity contribution in [2.24, 2.45) is 5.92 Å². The molecule has 0 aliphatic carbocycles. The second kappa shape index (κ2) is 12.3. The Morgan fingerprint density at radius 1 is 0.800 bits per heavy atom. The minimum absolute atomic E-state index is 0.00576. The van der Waals surface area contributed by atoms with Gasteiger partial charge in [0.05, 0.1) is 0 Å². The van der Waals surface area contributed by atoms with E-state index in [0.29, 0.717) is 5.56 Å². The summed E-state index contributed by atoms with van der Waals surface area (Å²) < 4.78 is 14.9. The number of hydrogen-bond donors (Lipinski definition) is 2. The highest BCUT2D eigenvalue weighted by atomic mass is 19.1. The van der Waals surface area contributed by atoms with E-state index in [4.69, 9.17) is 0 Å². The molecule has 0 amide bonds. The van der Waals surface area contributed by atoms with Crippen LogP contribution in [-0.2, 0) is 12.8 Å². The highest BCUT2D eigenvalue weighted by molar-refractivity contribution is 5.73. The lowest BCUT2D eigenvalue weighted by molar-refractivity contribution is 0.144. The summed E-state index contributed by atoms with van der Waals surface area (Å²) in [5.41, 5.74) is 5.66. The Morgan fingerprint density at radius 2 is 1.47 bits per heavy atom. The Bertz CT molecular complexity index is 902. The Hall–Kier alpha value is -2.49. The smallest absolute Gasteiger partial charge is 0.131 e. The molecule has 3 aromatic rings. The summed E-state index contributed by atoms with van der Waals surface area (Å²) in [5.74, 6) is -0.308. The number of rotatable bonds is 8. The Balaban J connectivity index is 0.00000155. The van der Waals surface area contributed by atoms with E-state index in [1.54, 1.807) is 6.07 Å². The van der Waals surface area contributed by atoms with Gasteiger partial charge in [0, 0.05) is 24.7 Å². The Kier molecular flexibility index (Phi) is 9.72. The van der Waals surface area contributed by atoms with Crippen molar-refractivity contribution in [3.05, 3.63) is 83.7 Å². The summed E-state index contributed by atoms with van der Waals surface area (Å²) in [6.07, 6.45) is 2.33. The van der Waals surface area contributed by atoms with Crippen molar-refractivity contribution in [2.45, 2.75) is 40.0 Å². The van der Waals surface area contributed by atoms with E-state index in [-0.39, 0.29) is 24.9 Å². The quantitative estimate of drug-likeness (QED) is 0.460. The second-order valence-electron chi connectivity index (χ2n) is 7.18. The van der Waals surface area contributed by atoms with E-state index in [1.807, 2.05) is 68.4 Å². The van der Waals surface area contributed by atoms with Gasteiger partial charge >= 0.3 is 0 Å². The maximum Gasteiger partial charge on any atom is 0.131 e. The molecule has 0 aliphatic heterocycles. The third-order valence-electron chi connectivity index (χ3n) is 5.27. The lowest BCUT2D eigenvalue weighted by Gasteiger charge is -2.14. The minimum atomic E-state index is -0.218. The first-order valence-corrected chi connectivity index (χ1v) is 10.8. The van der Waals surface area contributed by atoms with E-state index in [0.717, 1.165) is 47.1 Å². The summed E-state index contributed by atoms with van der Waals surface area (Å²) in [4.78, 5) is 0. The SMILES string of the molecule is CC.CCc1cc(CCC(CO)CO)ccc1-c1ccc(-c2ccccc2)cc1F. The van der Waals surface area contributed by atoms with Gasteiger partial charge < -0.3 is 10.2 Å².